The summed E-state index contributed by atoms with van der Waals surface area (Å²) in [7, 11) is 0. The van der Waals surface area contributed by atoms with Gasteiger partial charge in [-0.1, -0.05) is 63.0 Å². The Labute approximate surface area is 137 Å². The Morgan fingerprint density at radius 2 is 1.80 bits per heavy atom. The average Bonchev–Trinajstić information content (AvgIpc) is 2.48. The fraction of sp³-hybridized carbons (Fsp3) is 0.294. The number of halogens is 2. The van der Waals surface area contributed by atoms with E-state index in [2.05, 4.69) is 69.1 Å². The Morgan fingerprint density at radius 3 is 2.50 bits per heavy atom. The van der Waals surface area contributed by atoms with E-state index in [1.807, 2.05) is 19.1 Å². The van der Waals surface area contributed by atoms with Gasteiger partial charge in [0.2, 0.25) is 0 Å². The van der Waals surface area contributed by atoms with Crippen LogP contribution in [0.25, 0.3) is 0 Å². The Balaban J connectivity index is 2.46. The number of ether oxygens (including phenoxy) is 1. The standard InChI is InChI=1S/C17H18Br2O/c1-3-12-7-5-6-8-14(12)17(19)15-11-13(18)9-10-16(15)20-4-2/h5-11,17H,3-4H2,1-2H3. The van der Waals surface area contributed by atoms with Crippen LogP contribution in [0.4, 0.5) is 0 Å². The van der Waals surface area contributed by atoms with E-state index in [0.717, 1.165) is 22.2 Å². The lowest BCUT2D eigenvalue weighted by Gasteiger charge is -2.18. The van der Waals surface area contributed by atoms with E-state index in [1.54, 1.807) is 0 Å². The van der Waals surface area contributed by atoms with E-state index < -0.39 is 0 Å². The van der Waals surface area contributed by atoms with E-state index in [9.17, 15) is 0 Å². The fourth-order valence-electron chi connectivity index (χ4n) is 2.28. The summed E-state index contributed by atoms with van der Waals surface area (Å²) in [5.74, 6) is 0.934. The molecule has 20 heavy (non-hydrogen) atoms. The first-order chi connectivity index (χ1) is 9.67. The van der Waals surface area contributed by atoms with Crippen molar-refractivity contribution >= 4 is 31.9 Å². The number of alkyl halides is 1. The number of aryl methyl sites for hydroxylation is 1. The van der Waals surface area contributed by atoms with Gasteiger partial charge in [0.1, 0.15) is 5.75 Å². The molecule has 3 heteroatoms. The summed E-state index contributed by atoms with van der Waals surface area (Å²) in [6.45, 7) is 4.86. The Hall–Kier alpha value is -0.800. The normalized spacial score (nSPS) is 12.2. The predicted molar refractivity (Wildman–Crippen MR) is 91.9 cm³/mol. The average molecular weight is 398 g/mol. The van der Waals surface area contributed by atoms with Crippen LogP contribution in [0.2, 0.25) is 0 Å². The van der Waals surface area contributed by atoms with Gasteiger partial charge >= 0.3 is 0 Å². The molecule has 2 aromatic carbocycles. The summed E-state index contributed by atoms with van der Waals surface area (Å²) in [5.41, 5.74) is 3.81. The van der Waals surface area contributed by atoms with Crippen molar-refractivity contribution in [3.63, 3.8) is 0 Å². The molecule has 2 aromatic rings. The summed E-state index contributed by atoms with van der Waals surface area (Å²) < 4.78 is 6.82. The zero-order valence-electron chi connectivity index (χ0n) is 11.7. The van der Waals surface area contributed by atoms with Gasteiger partial charge in [-0.15, -0.1) is 0 Å². The monoisotopic (exact) mass is 396 g/mol. The van der Waals surface area contributed by atoms with Crippen molar-refractivity contribution in [1.29, 1.82) is 0 Å². The highest BCUT2D eigenvalue weighted by Gasteiger charge is 2.18. The fourth-order valence-corrected chi connectivity index (χ4v) is 3.46. The summed E-state index contributed by atoms with van der Waals surface area (Å²) in [6.07, 6.45) is 1.02. The van der Waals surface area contributed by atoms with E-state index >= 15 is 0 Å². The molecular formula is C17H18Br2O. The lowest BCUT2D eigenvalue weighted by molar-refractivity contribution is 0.337. The highest BCUT2D eigenvalue weighted by Crippen LogP contribution is 2.39. The third kappa shape index (κ3) is 3.44. The van der Waals surface area contributed by atoms with Gasteiger partial charge in [-0.05, 0) is 42.7 Å². The summed E-state index contributed by atoms with van der Waals surface area (Å²) in [6, 6.07) is 14.7. The van der Waals surface area contributed by atoms with Crippen molar-refractivity contribution < 1.29 is 4.74 Å². The molecule has 0 N–H and O–H groups in total. The third-order valence-corrected chi connectivity index (χ3v) is 4.73. The maximum atomic E-state index is 5.76. The minimum atomic E-state index is 0.137. The Kier molecular flexibility index (Phi) is 5.67. The van der Waals surface area contributed by atoms with Crippen LogP contribution in [0.3, 0.4) is 0 Å². The second-order valence-corrected chi connectivity index (χ2v) is 6.36. The predicted octanol–water partition coefficient (Wildman–Crippen LogP) is 5.89. The topological polar surface area (TPSA) is 9.23 Å². The van der Waals surface area contributed by atoms with E-state index in [1.165, 1.54) is 11.1 Å². The summed E-state index contributed by atoms with van der Waals surface area (Å²) in [5, 5.41) is 0. The molecule has 0 fully saturated rings. The van der Waals surface area contributed by atoms with Gasteiger partial charge in [-0.2, -0.15) is 0 Å². The molecular weight excluding hydrogens is 380 g/mol. The first-order valence-corrected chi connectivity index (χ1v) is 8.52. The van der Waals surface area contributed by atoms with Crippen LogP contribution in [0.1, 0.15) is 35.4 Å². The van der Waals surface area contributed by atoms with Crippen molar-refractivity contribution in [2.75, 3.05) is 6.61 Å². The van der Waals surface area contributed by atoms with Crippen molar-refractivity contribution in [1.82, 2.24) is 0 Å². The van der Waals surface area contributed by atoms with Crippen LogP contribution < -0.4 is 4.74 Å². The first-order valence-electron chi connectivity index (χ1n) is 6.81. The first kappa shape index (κ1) is 15.6. The molecule has 0 radical (unpaired) electrons. The Morgan fingerprint density at radius 1 is 1.05 bits per heavy atom. The number of hydrogen-bond donors (Lipinski definition) is 0. The molecule has 0 aliphatic heterocycles. The molecule has 106 valence electrons. The quantitative estimate of drug-likeness (QED) is 0.571. The van der Waals surface area contributed by atoms with Gasteiger partial charge < -0.3 is 4.74 Å². The Bertz CT molecular complexity index is 581. The van der Waals surface area contributed by atoms with Gasteiger partial charge in [-0.25, -0.2) is 0 Å². The van der Waals surface area contributed by atoms with Crippen LogP contribution in [0, 0.1) is 0 Å². The minimum absolute atomic E-state index is 0.137. The molecule has 1 atom stereocenters. The molecule has 1 nitrogen and oxygen atoms in total. The molecule has 0 heterocycles. The molecule has 1 unspecified atom stereocenters. The van der Waals surface area contributed by atoms with Crippen molar-refractivity contribution in [2.45, 2.75) is 25.1 Å². The number of hydrogen-bond acceptors (Lipinski definition) is 1. The van der Waals surface area contributed by atoms with Gasteiger partial charge in [0, 0.05) is 10.0 Å². The molecule has 0 aliphatic rings. The molecule has 0 saturated heterocycles. The highest BCUT2D eigenvalue weighted by molar-refractivity contribution is 9.10. The second kappa shape index (κ2) is 7.28. The molecule has 0 saturated carbocycles. The van der Waals surface area contributed by atoms with Gasteiger partial charge in [-0.3, -0.25) is 0 Å². The van der Waals surface area contributed by atoms with Gasteiger partial charge in [0.15, 0.2) is 0 Å². The van der Waals surface area contributed by atoms with E-state index in [-0.39, 0.29) is 4.83 Å². The lowest BCUT2D eigenvalue weighted by Crippen LogP contribution is -2.02. The molecule has 0 spiro atoms. The molecule has 0 aromatic heterocycles. The second-order valence-electron chi connectivity index (χ2n) is 4.53. The van der Waals surface area contributed by atoms with Crippen LogP contribution in [-0.2, 0) is 6.42 Å². The molecule has 0 amide bonds. The summed E-state index contributed by atoms with van der Waals surface area (Å²) >= 11 is 7.39. The molecule has 2 rings (SSSR count). The van der Waals surface area contributed by atoms with Crippen LogP contribution in [0.5, 0.6) is 5.75 Å². The minimum Gasteiger partial charge on any atom is -0.494 e. The van der Waals surface area contributed by atoms with Crippen molar-refractivity contribution in [2.24, 2.45) is 0 Å². The van der Waals surface area contributed by atoms with Gasteiger partial charge in [0.05, 0.1) is 11.4 Å². The third-order valence-electron chi connectivity index (χ3n) is 3.25. The highest BCUT2D eigenvalue weighted by atomic mass is 79.9. The zero-order valence-corrected chi connectivity index (χ0v) is 14.9. The SMILES string of the molecule is CCOc1ccc(Br)cc1C(Br)c1ccccc1CC. The molecule has 0 aliphatic carbocycles. The van der Waals surface area contributed by atoms with Crippen molar-refractivity contribution in [3.8, 4) is 5.75 Å². The maximum Gasteiger partial charge on any atom is 0.124 e. The molecule has 0 bridgehead atoms. The maximum absolute atomic E-state index is 5.76. The lowest BCUT2D eigenvalue weighted by atomic mass is 9.97. The van der Waals surface area contributed by atoms with Crippen LogP contribution in [-0.4, -0.2) is 6.61 Å². The van der Waals surface area contributed by atoms with E-state index in [4.69, 9.17) is 4.74 Å². The van der Waals surface area contributed by atoms with Crippen LogP contribution >= 0.6 is 31.9 Å². The van der Waals surface area contributed by atoms with Crippen LogP contribution in [0.15, 0.2) is 46.9 Å². The largest absolute Gasteiger partial charge is 0.494 e. The van der Waals surface area contributed by atoms with Crippen molar-refractivity contribution in [3.05, 3.63) is 63.6 Å². The zero-order chi connectivity index (χ0) is 14.5. The van der Waals surface area contributed by atoms with Gasteiger partial charge in [0.25, 0.3) is 0 Å². The smallest absolute Gasteiger partial charge is 0.124 e. The number of rotatable bonds is 5. The summed E-state index contributed by atoms with van der Waals surface area (Å²) in [4.78, 5) is 0.137. The number of benzene rings is 2. The van der Waals surface area contributed by atoms with E-state index in [0.29, 0.717) is 6.61 Å².